The number of benzene rings is 1. The summed E-state index contributed by atoms with van der Waals surface area (Å²) in [5.74, 6) is 1.38. The third kappa shape index (κ3) is 3.61. The number of carbonyl (C=O) groups is 1. The van der Waals surface area contributed by atoms with Crippen molar-refractivity contribution in [1.82, 2.24) is 0 Å². The molecule has 1 heterocycles. The Morgan fingerprint density at radius 2 is 2.05 bits per heavy atom. The molecule has 0 bridgehead atoms. The second-order valence-electron chi connectivity index (χ2n) is 4.42. The van der Waals surface area contributed by atoms with Crippen LogP contribution in [0.5, 0.6) is 11.5 Å². The first-order valence-electron chi connectivity index (χ1n) is 6.52. The molecule has 0 N–H and O–H groups in total. The molecule has 0 spiro atoms. The van der Waals surface area contributed by atoms with E-state index in [2.05, 4.69) is 11.4 Å². The van der Waals surface area contributed by atoms with Gasteiger partial charge in [0.05, 0.1) is 19.8 Å². The normalized spacial score (nSPS) is 10.3. The van der Waals surface area contributed by atoms with E-state index in [1.165, 1.54) is 4.88 Å². The topological polar surface area (TPSA) is 35.5 Å². The largest absolute Gasteiger partial charge is 0.497 e. The molecule has 0 atom stereocenters. The summed E-state index contributed by atoms with van der Waals surface area (Å²) in [5, 5.41) is 2.06. The molecule has 0 fully saturated rings. The zero-order valence-electron chi connectivity index (χ0n) is 11.7. The first-order valence-corrected chi connectivity index (χ1v) is 7.40. The number of Topliss-reactive ketones (excluding diaryl/α,β-unsaturated/α-hetero) is 1. The van der Waals surface area contributed by atoms with E-state index in [9.17, 15) is 4.79 Å². The number of methoxy groups -OCH3 is 2. The van der Waals surface area contributed by atoms with Gasteiger partial charge in [-0.15, -0.1) is 11.3 Å². The van der Waals surface area contributed by atoms with Gasteiger partial charge in [0.1, 0.15) is 11.5 Å². The van der Waals surface area contributed by atoms with E-state index >= 15 is 0 Å². The van der Waals surface area contributed by atoms with Crippen LogP contribution in [0.25, 0.3) is 0 Å². The lowest BCUT2D eigenvalue weighted by Crippen LogP contribution is -2.03. The Morgan fingerprint density at radius 1 is 1.20 bits per heavy atom. The Morgan fingerprint density at radius 3 is 2.70 bits per heavy atom. The van der Waals surface area contributed by atoms with Gasteiger partial charge in [0.2, 0.25) is 0 Å². The molecule has 0 aliphatic heterocycles. The number of ketones is 1. The van der Waals surface area contributed by atoms with E-state index in [1.807, 2.05) is 6.07 Å². The Bertz CT molecular complexity index is 561. The first kappa shape index (κ1) is 14.6. The van der Waals surface area contributed by atoms with Crippen LogP contribution in [0.4, 0.5) is 0 Å². The fourth-order valence-corrected chi connectivity index (χ4v) is 2.79. The molecule has 0 aliphatic rings. The minimum atomic E-state index is 0.112. The van der Waals surface area contributed by atoms with Crippen LogP contribution >= 0.6 is 11.3 Å². The molecule has 4 heteroatoms. The number of hydrogen-bond donors (Lipinski definition) is 0. The summed E-state index contributed by atoms with van der Waals surface area (Å²) in [5.41, 5.74) is 0.625. The maximum Gasteiger partial charge on any atom is 0.166 e. The highest BCUT2D eigenvalue weighted by Gasteiger charge is 2.13. The summed E-state index contributed by atoms with van der Waals surface area (Å²) in [7, 11) is 3.16. The summed E-state index contributed by atoms with van der Waals surface area (Å²) < 4.78 is 10.4. The van der Waals surface area contributed by atoms with Gasteiger partial charge < -0.3 is 9.47 Å². The fourth-order valence-electron chi connectivity index (χ4n) is 2.04. The first-order chi connectivity index (χ1) is 9.74. The van der Waals surface area contributed by atoms with Crippen molar-refractivity contribution in [2.45, 2.75) is 19.3 Å². The molecular formula is C16H18O3S. The third-order valence-electron chi connectivity index (χ3n) is 3.12. The number of ether oxygens (including phenoxy) is 2. The van der Waals surface area contributed by atoms with Crippen LogP contribution in [0.3, 0.4) is 0 Å². The fraction of sp³-hybridized carbons (Fsp3) is 0.312. The van der Waals surface area contributed by atoms with Crippen molar-refractivity contribution in [3.8, 4) is 11.5 Å². The number of aryl methyl sites for hydroxylation is 1. The lowest BCUT2D eigenvalue weighted by Gasteiger charge is -2.09. The summed E-state index contributed by atoms with van der Waals surface area (Å²) in [6.07, 6.45) is 2.33. The van der Waals surface area contributed by atoms with Gasteiger partial charge in [-0.3, -0.25) is 4.79 Å². The highest BCUT2D eigenvalue weighted by atomic mass is 32.1. The van der Waals surface area contributed by atoms with Crippen molar-refractivity contribution in [2.24, 2.45) is 0 Å². The molecule has 0 saturated heterocycles. The molecule has 106 valence electrons. The zero-order chi connectivity index (χ0) is 14.4. The van der Waals surface area contributed by atoms with Gasteiger partial charge in [-0.25, -0.2) is 0 Å². The van der Waals surface area contributed by atoms with Crippen LogP contribution in [0, 0.1) is 0 Å². The van der Waals surface area contributed by atoms with Crippen LogP contribution in [0.2, 0.25) is 0 Å². The highest BCUT2D eigenvalue weighted by molar-refractivity contribution is 7.09. The molecule has 0 saturated carbocycles. The lowest BCUT2D eigenvalue weighted by atomic mass is 10.0. The third-order valence-corrected chi connectivity index (χ3v) is 4.05. The van der Waals surface area contributed by atoms with Crippen molar-refractivity contribution in [3.63, 3.8) is 0 Å². The highest BCUT2D eigenvalue weighted by Crippen LogP contribution is 2.26. The van der Waals surface area contributed by atoms with Gasteiger partial charge >= 0.3 is 0 Å². The van der Waals surface area contributed by atoms with Crippen molar-refractivity contribution >= 4 is 17.1 Å². The number of thiophene rings is 1. The Labute approximate surface area is 123 Å². The smallest absolute Gasteiger partial charge is 0.166 e. The van der Waals surface area contributed by atoms with Crippen molar-refractivity contribution in [3.05, 3.63) is 46.2 Å². The van der Waals surface area contributed by atoms with Gasteiger partial charge in [-0.05, 0) is 36.4 Å². The molecule has 3 nitrogen and oxygen atoms in total. The molecule has 0 unspecified atom stereocenters. The molecule has 0 amide bonds. The summed E-state index contributed by atoms with van der Waals surface area (Å²) in [6, 6.07) is 9.43. The second kappa shape index (κ2) is 7.10. The molecule has 20 heavy (non-hydrogen) atoms. The standard InChI is InChI=1S/C16H18O3S/c1-18-12-8-9-14(16(11-12)19-2)15(17)7-3-5-13-6-4-10-20-13/h4,6,8-11H,3,5,7H2,1-2H3. The van der Waals surface area contributed by atoms with Gasteiger partial charge in [0, 0.05) is 17.4 Å². The molecule has 1 aromatic carbocycles. The number of carbonyl (C=O) groups excluding carboxylic acids is 1. The molecular weight excluding hydrogens is 272 g/mol. The second-order valence-corrected chi connectivity index (χ2v) is 5.45. The zero-order valence-corrected chi connectivity index (χ0v) is 12.5. The van der Waals surface area contributed by atoms with Gasteiger partial charge in [-0.1, -0.05) is 6.07 Å². The van der Waals surface area contributed by atoms with E-state index < -0.39 is 0 Å². The van der Waals surface area contributed by atoms with Crippen molar-refractivity contribution < 1.29 is 14.3 Å². The molecule has 0 aliphatic carbocycles. The Balaban J connectivity index is 1.98. The van der Waals surface area contributed by atoms with Gasteiger partial charge in [0.25, 0.3) is 0 Å². The van der Waals surface area contributed by atoms with E-state index in [0.717, 1.165) is 12.8 Å². The quantitative estimate of drug-likeness (QED) is 0.724. The van der Waals surface area contributed by atoms with Crippen LogP contribution in [-0.4, -0.2) is 20.0 Å². The molecule has 1 aromatic heterocycles. The van der Waals surface area contributed by atoms with E-state index in [-0.39, 0.29) is 5.78 Å². The number of hydrogen-bond acceptors (Lipinski definition) is 4. The summed E-state index contributed by atoms with van der Waals surface area (Å²) >= 11 is 1.73. The molecule has 0 radical (unpaired) electrons. The summed E-state index contributed by atoms with van der Waals surface area (Å²) in [4.78, 5) is 13.6. The van der Waals surface area contributed by atoms with Gasteiger partial charge in [-0.2, -0.15) is 0 Å². The van der Waals surface area contributed by atoms with E-state index in [4.69, 9.17) is 9.47 Å². The SMILES string of the molecule is COc1ccc(C(=O)CCCc2cccs2)c(OC)c1. The van der Waals surface area contributed by atoms with Crippen molar-refractivity contribution in [1.29, 1.82) is 0 Å². The predicted molar refractivity (Wildman–Crippen MR) is 81.1 cm³/mol. The van der Waals surface area contributed by atoms with Crippen molar-refractivity contribution in [2.75, 3.05) is 14.2 Å². The molecule has 2 aromatic rings. The van der Waals surface area contributed by atoms with E-state index in [1.54, 1.807) is 43.8 Å². The molecule has 2 rings (SSSR count). The average molecular weight is 290 g/mol. The van der Waals surface area contributed by atoms with Crippen LogP contribution in [-0.2, 0) is 6.42 Å². The van der Waals surface area contributed by atoms with Crippen LogP contribution < -0.4 is 9.47 Å². The van der Waals surface area contributed by atoms with Gasteiger partial charge in [0.15, 0.2) is 5.78 Å². The minimum absolute atomic E-state index is 0.112. The lowest BCUT2D eigenvalue weighted by molar-refractivity contribution is 0.0977. The van der Waals surface area contributed by atoms with Crippen LogP contribution in [0.1, 0.15) is 28.1 Å². The monoisotopic (exact) mass is 290 g/mol. The maximum atomic E-state index is 12.2. The summed E-state index contributed by atoms with van der Waals surface area (Å²) in [6.45, 7) is 0. The van der Waals surface area contributed by atoms with Crippen LogP contribution in [0.15, 0.2) is 35.7 Å². The predicted octanol–water partition coefficient (Wildman–Crippen LogP) is 3.97. The van der Waals surface area contributed by atoms with E-state index in [0.29, 0.717) is 23.5 Å². The Hall–Kier alpha value is -1.81. The number of rotatable bonds is 7. The Kier molecular flexibility index (Phi) is 5.18. The average Bonchev–Trinajstić information content (AvgIpc) is 2.99. The maximum absolute atomic E-state index is 12.2. The minimum Gasteiger partial charge on any atom is -0.497 e.